The second kappa shape index (κ2) is 8.55. The van der Waals surface area contributed by atoms with Gasteiger partial charge in [-0.1, -0.05) is 6.07 Å². The third-order valence-electron chi connectivity index (χ3n) is 4.83. The number of aromatic hydroxyl groups is 2. The number of nitrogen functional groups attached to an aromatic ring is 1. The van der Waals surface area contributed by atoms with E-state index in [1.807, 2.05) is 0 Å². The molecule has 0 aliphatic carbocycles. The van der Waals surface area contributed by atoms with E-state index in [2.05, 4.69) is 19.5 Å². The zero-order valence-electron chi connectivity index (χ0n) is 16.5. The van der Waals surface area contributed by atoms with E-state index in [0.717, 1.165) is 12.1 Å². The quantitative estimate of drug-likeness (QED) is 0.190. The third-order valence-corrected chi connectivity index (χ3v) is 5.71. The Hall–Kier alpha value is -3.33. The first-order valence-corrected chi connectivity index (χ1v) is 10.8. The van der Waals surface area contributed by atoms with Crippen LogP contribution in [0.4, 0.5) is 5.82 Å². The van der Waals surface area contributed by atoms with Crippen molar-refractivity contribution in [2.45, 2.75) is 24.5 Å². The number of hydrogen-bond donors (Lipinski definition) is 6. The summed E-state index contributed by atoms with van der Waals surface area (Å²) < 4.78 is 28.1. The van der Waals surface area contributed by atoms with Crippen molar-refractivity contribution < 1.29 is 48.5 Å². The number of anilines is 1. The van der Waals surface area contributed by atoms with Crippen molar-refractivity contribution in [3.8, 4) is 11.5 Å². The molecule has 7 N–H and O–H groups in total. The second-order valence-electron chi connectivity index (χ2n) is 6.95. The molecule has 0 spiro atoms. The van der Waals surface area contributed by atoms with Crippen LogP contribution in [0, 0.1) is 0 Å². The van der Waals surface area contributed by atoms with Gasteiger partial charge in [-0.3, -0.25) is 14.0 Å². The Bertz CT molecular complexity index is 1250. The average Bonchev–Trinajstić information content (AvgIpc) is 3.31. The Labute approximate surface area is 184 Å². The molecule has 33 heavy (non-hydrogen) atoms. The van der Waals surface area contributed by atoms with Crippen LogP contribution in [0.25, 0.3) is 11.2 Å². The van der Waals surface area contributed by atoms with Crippen LogP contribution in [0.3, 0.4) is 0 Å². The number of ether oxygens (including phenoxy) is 1. The van der Waals surface area contributed by atoms with Crippen molar-refractivity contribution in [2.75, 3.05) is 12.3 Å². The Morgan fingerprint density at radius 1 is 1.21 bits per heavy atom. The fourth-order valence-corrected chi connectivity index (χ4v) is 3.89. The van der Waals surface area contributed by atoms with Crippen LogP contribution in [0.5, 0.6) is 11.5 Å². The lowest BCUT2D eigenvalue weighted by molar-refractivity contribution is -0.0508. The number of aliphatic hydroxyl groups is 2. The lowest BCUT2D eigenvalue weighted by atomic mass is 10.1. The summed E-state index contributed by atoms with van der Waals surface area (Å²) in [5.74, 6) is -2.84. The van der Waals surface area contributed by atoms with E-state index in [9.17, 15) is 34.7 Å². The number of carbonyl (C=O) groups is 1. The molecule has 1 aromatic carbocycles. The van der Waals surface area contributed by atoms with Gasteiger partial charge in [-0.15, -0.1) is 0 Å². The van der Waals surface area contributed by atoms with Gasteiger partial charge in [0.15, 0.2) is 29.2 Å². The maximum atomic E-state index is 12.2. The minimum absolute atomic E-state index is 0.0903. The van der Waals surface area contributed by atoms with E-state index in [1.54, 1.807) is 0 Å². The predicted octanol–water partition coefficient (Wildman–Crippen LogP) is -0.587. The summed E-state index contributed by atoms with van der Waals surface area (Å²) in [6, 6.07) is 3.34. The molecule has 1 aliphatic rings. The van der Waals surface area contributed by atoms with E-state index in [4.69, 9.17) is 15.0 Å². The molecule has 3 aromatic rings. The van der Waals surface area contributed by atoms with Gasteiger partial charge in [-0.2, -0.15) is 0 Å². The van der Waals surface area contributed by atoms with Gasteiger partial charge in [0.1, 0.15) is 35.7 Å². The van der Waals surface area contributed by atoms with Crippen LogP contribution in [0.15, 0.2) is 30.9 Å². The zero-order valence-corrected chi connectivity index (χ0v) is 17.4. The topological polar surface area (TPSA) is 233 Å². The normalized spacial score (nSPS) is 24.6. The largest absolute Gasteiger partial charge is 0.529 e. The van der Waals surface area contributed by atoms with E-state index >= 15 is 0 Å². The number of phosphoric acid groups is 1. The van der Waals surface area contributed by atoms with Crippen molar-refractivity contribution in [1.29, 1.82) is 0 Å². The Balaban J connectivity index is 1.43. The fraction of sp³-hybridized carbons (Fsp3) is 0.294. The molecule has 0 radical (unpaired) electrons. The number of aliphatic hydroxyl groups excluding tert-OH is 2. The first-order chi connectivity index (χ1) is 15.6. The molecule has 0 saturated carbocycles. The number of hydrogen-bond acceptors (Lipinski definition) is 13. The summed E-state index contributed by atoms with van der Waals surface area (Å²) in [6.07, 6.45) is -3.13. The molecule has 3 heterocycles. The summed E-state index contributed by atoms with van der Waals surface area (Å²) in [7, 11) is -5.04. The van der Waals surface area contributed by atoms with Crippen LogP contribution in [-0.2, 0) is 18.3 Å². The summed E-state index contributed by atoms with van der Waals surface area (Å²) in [4.78, 5) is 33.7. The van der Waals surface area contributed by atoms with Crippen LogP contribution in [0.2, 0.25) is 0 Å². The smallest absolute Gasteiger partial charge is 0.504 e. The van der Waals surface area contributed by atoms with Gasteiger partial charge in [0.25, 0.3) is 0 Å². The molecular weight excluding hydrogens is 465 g/mol. The molecule has 1 saturated heterocycles. The number of fused-ring (bicyclic) bond motifs is 1. The van der Waals surface area contributed by atoms with Crippen molar-refractivity contribution in [3.05, 3.63) is 36.4 Å². The molecule has 0 amide bonds. The van der Waals surface area contributed by atoms with Gasteiger partial charge in [0, 0.05) is 0 Å². The van der Waals surface area contributed by atoms with E-state index < -0.39 is 62.0 Å². The van der Waals surface area contributed by atoms with Gasteiger partial charge in [0.2, 0.25) is 0 Å². The number of phosphoric ester groups is 1. The minimum Gasteiger partial charge on any atom is -0.504 e. The Morgan fingerprint density at radius 3 is 2.73 bits per heavy atom. The second-order valence-corrected chi connectivity index (χ2v) is 8.32. The monoisotopic (exact) mass is 483 g/mol. The molecule has 5 atom stereocenters. The fourth-order valence-electron chi connectivity index (χ4n) is 3.20. The number of imidazole rings is 1. The van der Waals surface area contributed by atoms with Crippen molar-refractivity contribution in [1.82, 2.24) is 19.5 Å². The van der Waals surface area contributed by atoms with Crippen molar-refractivity contribution >= 4 is 30.8 Å². The number of aromatic nitrogens is 4. The molecule has 15 nitrogen and oxygen atoms in total. The number of phenols is 2. The standard InChI is InChI=1S/C17H18N5O10P/c18-14-10-15(20-5-19-14)22(6-21-10)16-13(26)12(25)9(31-16)4-30-33(28,29)32-17(27)7-2-1-3-8(23)11(7)24/h1-3,5-6,9,12-13,16,23-26H,4H2,(H,28,29)(H2,18,19,20). The maximum Gasteiger partial charge on any atom is 0.529 e. The number of benzene rings is 1. The molecule has 176 valence electrons. The highest BCUT2D eigenvalue weighted by molar-refractivity contribution is 7.48. The number of phenolic OH excluding ortho intramolecular Hbond substituents is 2. The van der Waals surface area contributed by atoms with Gasteiger partial charge >= 0.3 is 13.8 Å². The molecule has 4 rings (SSSR count). The van der Waals surface area contributed by atoms with Gasteiger partial charge in [-0.05, 0) is 12.1 Å². The molecule has 1 aliphatic heterocycles. The maximum absolute atomic E-state index is 12.2. The van der Waals surface area contributed by atoms with E-state index in [0.29, 0.717) is 0 Å². The predicted molar refractivity (Wildman–Crippen MR) is 107 cm³/mol. The molecule has 1 fully saturated rings. The SMILES string of the molecule is Nc1ncnc2c1ncn2C1OC(COP(=O)(O)OC(=O)c2cccc(O)c2O)C(O)C1O. The average molecular weight is 483 g/mol. The number of carbonyl (C=O) groups excluding carboxylic acids is 1. The van der Waals surface area contributed by atoms with Gasteiger partial charge in [-0.25, -0.2) is 24.3 Å². The third kappa shape index (κ3) is 4.32. The molecule has 0 bridgehead atoms. The molecule has 5 unspecified atom stereocenters. The highest BCUT2D eigenvalue weighted by atomic mass is 31.2. The van der Waals surface area contributed by atoms with Crippen LogP contribution < -0.4 is 5.73 Å². The lowest BCUT2D eigenvalue weighted by Crippen LogP contribution is -2.33. The van der Waals surface area contributed by atoms with Crippen LogP contribution in [0.1, 0.15) is 16.6 Å². The summed E-state index contributed by atoms with van der Waals surface area (Å²) in [5, 5.41) is 39.8. The minimum atomic E-state index is -5.04. The Morgan fingerprint density at radius 2 is 1.97 bits per heavy atom. The van der Waals surface area contributed by atoms with Crippen molar-refractivity contribution in [2.24, 2.45) is 0 Å². The van der Waals surface area contributed by atoms with Gasteiger partial charge in [0.05, 0.1) is 12.9 Å². The first kappa shape index (κ1) is 22.8. The van der Waals surface area contributed by atoms with Crippen LogP contribution in [-0.4, -0.2) is 75.7 Å². The summed E-state index contributed by atoms with van der Waals surface area (Å²) >= 11 is 0. The summed E-state index contributed by atoms with van der Waals surface area (Å²) in [5.41, 5.74) is 5.60. The van der Waals surface area contributed by atoms with E-state index in [-0.39, 0.29) is 17.0 Å². The molecular formula is C17H18N5O10P. The lowest BCUT2D eigenvalue weighted by Gasteiger charge is -2.17. The number of nitrogens with two attached hydrogens (primary N) is 1. The molecule has 16 heteroatoms. The number of rotatable bonds is 6. The highest BCUT2D eigenvalue weighted by Crippen LogP contribution is 2.46. The first-order valence-electron chi connectivity index (χ1n) is 9.26. The van der Waals surface area contributed by atoms with Crippen LogP contribution >= 0.6 is 7.82 Å². The number of nitrogens with zero attached hydrogens (tertiary/aromatic N) is 4. The van der Waals surface area contributed by atoms with Crippen molar-refractivity contribution in [3.63, 3.8) is 0 Å². The number of para-hydroxylation sites is 1. The molecule has 2 aromatic heterocycles. The van der Waals surface area contributed by atoms with Gasteiger partial charge < -0.3 is 35.4 Å². The zero-order chi connectivity index (χ0) is 23.9. The summed E-state index contributed by atoms with van der Waals surface area (Å²) in [6.45, 7) is -0.758. The highest BCUT2D eigenvalue weighted by Gasteiger charge is 2.45. The van der Waals surface area contributed by atoms with E-state index in [1.165, 1.54) is 23.3 Å². The Kier molecular flexibility index (Phi) is 5.92.